The van der Waals surface area contributed by atoms with Gasteiger partial charge in [0.05, 0.1) is 11.5 Å². The van der Waals surface area contributed by atoms with Crippen LogP contribution in [-0.2, 0) is 5.41 Å². The lowest BCUT2D eigenvalue weighted by Crippen LogP contribution is -2.03. The topological polar surface area (TPSA) is 23.8 Å². The molecule has 0 aromatic heterocycles. The summed E-state index contributed by atoms with van der Waals surface area (Å²) in [4.78, 5) is 0. The van der Waals surface area contributed by atoms with E-state index < -0.39 is 0 Å². The second kappa shape index (κ2) is 3.54. The van der Waals surface area contributed by atoms with Gasteiger partial charge in [0.1, 0.15) is 0 Å². The van der Waals surface area contributed by atoms with Gasteiger partial charge in [-0.15, -0.1) is 0 Å². The number of nitrogens with zero attached hydrogens (tertiary/aromatic N) is 1. The lowest BCUT2D eigenvalue weighted by Gasteiger charge is -2.12. The molecule has 0 saturated heterocycles. The zero-order chi connectivity index (χ0) is 11.1. The fourth-order valence-electron chi connectivity index (χ4n) is 1.88. The van der Waals surface area contributed by atoms with Gasteiger partial charge in [0.25, 0.3) is 0 Å². The molecule has 1 aliphatic carbocycles. The highest BCUT2D eigenvalue weighted by molar-refractivity contribution is 6.31. The van der Waals surface area contributed by atoms with Crippen LogP contribution in [0.5, 0.6) is 0 Å². The van der Waals surface area contributed by atoms with Crippen LogP contribution < -0.4 is 0 Å². The molecule has 0 unspecified atom stereocenters. The molecule has 1 aromatic rings. The Bertz CT molecular complexity index is 425. The van der Waals surface area contributed by atoms with E-state index in [1.807, 2.05) is 6.07 Å². The zero-order valence-electron chi connectivity index (χ0n) is 9.05. The maximum absolute atomic E-state index is 9.09. The van der Waals surface area contributed by atoms with Crippen LogP contribution >= 0.6 is 11.6 Å². The van der Waals surface area contributed by atoms with Crippen molar-refractivity contribution in [2.24, 2.45) is 0 Å². The summed E-state index contributed by atoms with van der Waals surface area (Å²) in [6.07, 6.45) is 1.95. The van der Waals surface area contributed by atoms with Crippen LogP contribution in [0.25, 0.3) is 0 Å². The Morgan fingerprint density at radius 3 is 2.47 bits per heavy atom. The largest absolute Gasteiger partial charge is 0.197 e. The molecular weight excluding hydrogens is 206 g/mol. The smallest absolute Gasteiger partial charge is 0.0824 e. The Morgan fingerprint density at radius 2 is 2.07 bits per heavy atom. The summed E-state index contributed by atoms with van der Waals surface area (Å²) in [5, 5.41) is 9.88. The number of hydrogen-bond donors (Lipinski definition) is 0. The van der Waals surface area contributed by atoms with Crippen molar-refractivity contribution in [3.05, 3.63) is 34.3 Å². The first-order chi connectivity index (χ1) is 7.09. The molecule has 0 bridgehead atoms. The zero-order valence-corrected chi connectivity index (χ0v) is 9.80. The molecule has 1 saturated carbocycles. The number of benzene rings is 1. The highest BCUT2D eigenvalue weighted by Crippen LogP contribution is 2.48. The molecule has 0 N–H and O–H groups in total. The lowest BCUT2D eigenvalue weighted by atomic mass is 9.94. The van der Waals surface area contributed by atoms with Crippen LogP contribution in [-0.4, -0.2) is 0 Å². The number of hydrogen-bond acceptors (Lipinski definition) is 1. The Balaban J connectivity index is 2.39. The van der Waals surface area contributed by atoms with Gasteiger partial charge in [-0.1, -0.05) is 37.6 Å². The Kier molecular flexibility index (Phi) is 2.48. The van der Waals surface area contributed by atoms with E-state index in [4.69, 9.17) is 16.9 Å². The standard InChI is InChI=1S/C13H14ClN/c1-9(2)11-4-3-10(7-12(11)14)13(8-15)5-6-13/h3-4,7,9H,5-6H2,1-2H3. The molecule has 1 fully saturated rings. The van der Waals surface area contributed by atoms with Crippen molar-refractivity contribution in [2.45, 2.75) is 38.0 Å². The molecule has 78 valence electrons. The lowest BCUT2D eigenvalue weighted by molar-refractivity contribution is 0.856. The van der Waals surface area contributed by atoms with Crippen LogP contribution in [0.4, 0.5) is 0 Å². The fraction of sp³-hybridized carbons (Fsp3) is 0.462. The van der Waals surface area contributed by atoms with Gasteiger partial charge in [0.2, 0.25) is 0 Å². The van der Waals surface area contributed by atoms with Crippen LogP contribution in [0.1, 0.15) is 43.7 Å². The summed E-state index contributed by atoms with van der Waals surface area (Å²) in [6, 6.07) is 8.46. The Morgan fingerprint density at radius 1 is 1.40 bits per heavy atom. The van der Waals surface area contributed by atoms with Gasteiger partial charge in [-0.3, -0.25) is 0 Å². The van der Waals surface area contributed by atoms with Gasteiger partial charge in [-0.05, 0) is 36.0 Å². The quantitative estimate of drug-likeness (QED) is 0.737. The molecule has 2 heteroatoms. The van der Waals surface area contributed by atoms with Gasteiger partial charge in [0, 0.05) is 5.02 Å². The highest BCUT2D eigenvalue weighted by atomic mass is 35.5. The summed E-state index contributed by atoms with van der Waals surface area (Å²) >= 11 is 6.21. The molecule has 2 rings (SSSR count). The van der Waals surface area contributed by atoms with Crippen molar-refractivity contribution >= 4 is 11.6 Å². The second-order valence-corrected chi connectivity index (χ2v) is 4.99. The van der Waals surface area contributed by atoms with Crippen LogP contribution in [0.15, 0.2) is 18.2 Å². The predicted octanol–water partition coefficient (Wildman–Crippen LogP) is 4.02. The molecule has 0 aliphatic heterocycles. The maximum atomic E-state index is 9.09. The Labute approximate surface area is 95.7 Å². The normalized spacial score (nSPS) is 17.5. The van der Waals surface area contributed by atoms with Crippen molar-refractivity contribution < 1.29 is 0 Å². The summed E-state index contributed by atoms with van der Waals surface area (Å²) < 4.78 is 0. The van der Waals surface area contributed by atoms with Gasteiger partial charge in [0.15, 0.2) is 0 Å². The van der Waals surface area contributed by atoms with E-state index >= 15 is 0 Å². The first-order valence-corrected chi connectivity index (χ1v) is 5.68. The predicted molar refractivity (Wildman–Crippen MR) is 62.1 cm³/mol. The van der Waals surface area contributed by atoms with Crippen molar-refractivity contribution in [3.8, 4) is 6.07 Å². The molecule has 1 aromatic carbocycles. The second-order valence-electron chi connectivity index (χ2n) is 4.58. The minimum Gasteiger partial charge on any atom is -0.197 e. The van der Waals surface area contributed by atoms with Gasteiger partial charge >= 0.3 is 0 Å². The first kappa shape index (κ1) is 10.5. The SMILES string of the molecule is CC(C)c1ccc(C2(C#N)CC2)cc1Cl. The molecular formula is C13H14ClN. The van der Waals surface area contributed by atoms with E-state index in [0.29, 0.717) is 5.92 Å². The average Bonchev–Trinajstić information content (AvgIpc) is 2.97. The fourth-order valence-corrected chi connectivity index (χ4v) is 2.28. The molecule has 0 heterocycles. The Hall–Kier alpha value is -1.00. The highest BCUT2D eigenvalue weighted by Gasteiger charge is 2.44. The third kappa shape index (κ3) is 1.75. The first-order valence-electron chi connectivity index (χ1n) is 5.30. The third-order valence-corrected chi connectivity index (χ3v) is 3.47. The van der Waals surface area contributed by atoms with Gasteiger partial charge in [-0.2, -0.15) is 5.26 Å². The molecule has 0 atom stereocenters. The summed E-state index contributed by atoms with van der Waals surface area (Å²) in [5.74, 6) is 0.434. The molecule has 15 heavy (non-hydrogen) atoms. The average molecular weight is 220 g/mol. The minimum absolute atomic E-state index is 0.223. The summed E-state index contributed by atoms with van der Waals surface area (Å²) in [7, 11) is 0. The summed E-state index contributed by atoms with van der Waals surface area (Å²) in [6.45, 7) is 4.25. The van der Waals surface area contributed by atoms with Crippen LogP contribution in [0.3, 0.4) is 0 Å². The molecule has 0 amide bonds. The van der Waals surface area contributed by atoms with Gasteiger partial charge < -0.3 is 0 Å². The number of nitriles is 1. The van der Waals surface area contributed by atoms with Crippen molar-refractivity contribution in [1.82, 2.24) is 0 Å². The summed E-state index contributed by atoms with van der Waals surface area (Å²) in [5.41, 5.74) is 2.02. The van der Waals surface area contributed by atoms with Crippen molar-refractivity contribution in [1.29, 1.82) is 5.26 Å². The van der Waals surface area contributed by atoms with E-state index in [1.54, 1.807) is 0 Å². The monoisotopic (exact) mass is 219 g/mol. The molecule has 1 nitrogen and oxygen atoms in total. The van der Waals surface area contributed by atoms with Crippen LogP contribution in [0.2, 0.25) is 5.02 Å². The molecule has 0 spiro atoms. The van der Waals surface area contributed by atoms with Gasteiger partial charge in [-0.25, -0.2) is 0 Å². The van der Waals surface area contributed by atoms with E-state index in [1.165, 1.54) is 0 Å². The molecule has 0 radical (unpaired) electrons. The maximum Gasteiger partial charge on any atom is 0.0824 e. The van der Waals surface area contributed by atoms with E-state index in [2.05, 4.69) is 32.0 Å². The minimum atomic E-state index is -0.223. The molecule has 1 aliphatic rings. The van der Waals surface area contributed by atoms with E-state index in [9.17, 15) is 0 Å². The van der Waals surface area contributed by atoms with Crippen molar-refractivity contribution in [3.63, 3.8) is 0 Å². The number of rotatable bonds is 2. The van der Waals surface area contributed by atoms with E-state index in [-0.39, 0.29) is 5.41 Å². The van der Waals surface area contributed by atoms with Crippen LogP contribution in [0, 0.1) is 11.3 Å². The van der Waals surface area contributed by atoms with Crippen molar-refractivity contribution in [2.75, 3.05) is 0 Å². The third-order valence-electron chi connectivity index (χ3n) is 3.14. The number of halogens is 1. The van der Waals surface area contributed by atoms with E-state index in [0.717, 1.165) is 29.0 Å².